The second kappa shape index (κ2) is 9.45. The number of rotatable bonds is 7. The zero-order chi connectivity index (χ0) is 20.7. The van der Waals surface area contributed by atoms with Crippen LogP contribution in [0.3, 0.4) is 0 Å². The van der Waals surface area contributed by atoms with E-state index in [-0.39, 0.29) is 12.0 Å². The third-order valence-electron chi connectivity index (χ3n) is 5.69. The third kappa shape index (κ3) is 4.88. The highest BCUT2D eigenvalue weighted by Gasteiger charge is 2.36. The van der Waals surface area contributed by atoms with Gasteiger partial charge in [-0.3, -0.25) is 9.59 Å². The van der Waals surface area contributed by atoms with Crippen LogP contribution in [0.1, 0.15) is 36.8 Å². The van der Waals surface area contributed by atoms with Gasteiger partial charge in [-0.25, -0.2) is 0 Å². The molecule has 6 heteroatoms. The van der Waals surface area contributed by atoms with Crippen molar-refractivity contribution in [1.29, 1.82) is 0 Å². The summed E-state index contributed by atoms with van der Waals surface area (Å²) in [5.74, 6) is 0.234. The van der Waals surface area contributed by atoms with Gasteiger partial charge in [-0.05, 0) is 36.6 Å². The minimum absolute atomic E-state index is 0.134. The molecule has 0 saturated heterocycles. The molecule has 0 atom stereocenters. The van der Waals surface area contributed by atoms with Crippen LogP contribution in [-0.2, 0) is 21.5 Å². The number of methoxy groups -OCH3 is 2. The fourth-order valence-corrected chi connectivity index (χ4v) is 4.00. The molecule has 0 aromatic heterocycles. The van der Waals surface area contributed by atoms with Gasteiger partial charge < -0.3 is 20.1 Å². The van der Waals surface area contributed by atoms with Gasteiger partial charge in [-0.2, -0.15) is 0 Å². The molecule has 0 spiro atoms. The Morgan fingerprint density at radius 2 is 1.55 bits per heavy atom. The second-order valence-corrected chi connectivity index (χ2v) is 7.39. The minimum atomic E-state index is -0.640. The third-order valence-corrected chi connectivity index (χ3v) is 5.69. The van der Waals surface area contributed by atoms with Crippen molar-refractivity contribution in [2.75, 3.05) is 20.8 Å². The van der Waals surface area contributed by atoms with E-state index in [1.165, 1.54) is 5.56 Å². The van der Waals surface area contributed by atoms with Gasteiger partial charge in [0, 0.05) is 24.1 Å². The molecule has 29 heavy (non-hydrogen) atoms. The number of carbonyl (C=O) groups is 2. The highest BCUT2D eigenvalue weighted by Crippen LogP contribution is 2.41. The average molecular weight is 396 g/mol. The van der Waals surface area contributed by atoms with E-state index in [1.807, 2.05) is 36.4 Å². The molecule has 1 fully saturated rings. The first-order valence-corrected chi connectivity index (χ1v) is 9.90. The zero-order valence-electron chi connectivity index (χ0n) is 17.0. The molecule has 6 nitrogen and oxygen atoms in total. The monoisotopic (exact) mass is 396 g/mol. The fourth-order valence-electron chi connectivity index (χ4n) is 4.00. The normalized spacial score (nSPS) is 14.8. The maximum atomic E-state index is 12.4. The highest BCUT2D eigenvalue weighted by atomic mass is 16.5. The number of carbonyl (C=O) groups excluding carboxylic acids is 2. The van der Waals surface area contributed by atoms with Gasteiger partial charge in [0.1, 0.15) is 11.5 Å². The molecule has 3 rings (SSSR count). The van der Waals surface area contributed by atoms with E-state index >= 15 is 0 Å². The summed E-state index contributed by atoms with van der Waals surface area (Å²) in [4.78, 5) is 24.6. The van der Waals surface area contributed by atoms with E-state index in [1.54, 1.807) is 14.2 Å². The van der Waals surface area contributed by atoms with Crippen LogP contribution >= 0.6 is 0 Å². The summed E-state index contributed by atoms with van der Waals surface area (Å²) in [6.07, 6.45) is 4.20. The first-order valence-electron chi connectivity index (χ1n) is 9.90. The average Bonchev–Trinajstić information content (AvgIpc) is 3.26. The molecular weight excluding hydrogens is 368 g/mol. The molecule has 0 radical (unpaired) electrons. The topological polar surface area (TPSA) is 76.7 Å². The van der Waals surface area contributed by atoms with Crippen molar-refractivity contribution in [1.82, 2.24) is 10.6 Å². The highest BCUT2D eigenvalue weighted by molar-refractivity contribution is 6.35. The Balaban J connectivity index is 1.59. The smallest absolute Gasteiger partial charge is 0.309 e. The van der Waals surface area contributed by atoms with Crippen LogP contribution in [0.4, 0.5) is 0 Å². The Hall–Kier alpha value is -3.02. The van der Waals surface area contributed by atoms with E-state index in [4.69, 9.17) is 9.47 Å². The second-order valence-electron chi connectivity index (χ2n) is 7.39. The van der Waals surface area contributed by atoms with Crippen LogP contribution < -0.4 is 20.1 Å². The molecule has 1 aliphatic carbocycles. The number of para-hydroxylation sites is 1. The lowest BCUT2D eigenvalue weighted by Crippen LogP contribution is -2.45. The molecule has 0 heterocycles. The van der Waals surface area contributed by atoms with Crippen LogP contribution in [0.5, 0.6) is 11.5 Å². The standard InChI is InChI=1S/C23H28N2O4/c1-28-19-11-9-18(10-12-19)23(13-5-6-14-23)16-25-22(27)21(26)24-15-17-7-3-4-8-20(17)29-2/h3-4,7-12H,5-6,13-16H2,1-2H3,(H,24,26)(H,25,27). The number of hydrogen-bond donors (Lipinski definition) is 2. The van der Waals surface area contributed by atoms with Crippen molar-refractivity contribution >= 4 is 11.8 Å². The van der Waals surface area contributed by atoms with Gasteiger partial charge in [0.05, 0.1) is 14.2 Å². The Kier molecular flexibility index (Phi) is 6.75. The first kappa shape index (κ1) is 20.7. The number of ether oxygens (including phenoxy) is 2. The van der Waals surface area contributed by atoms with Crippen molar-refractivity contribution in [2.24, 2.45) is 0 Å². The summed E-state index contributed by atoms with van der Waals surface area (Å²) < 4.78 is 10.5. The fraction of sp³-hybridized carbons (Fsp3) is 0.391. The van der Waals surface area contributed by atoms with Crippen LogP contribution in [0.25, 0.3) is 0 Å². The van der Waals surface area contributed by atoms with Crippen molar-refractivity contribution in [3.05, 3.63) is 59.7 Å². The zero-order valence-corrected chi connectivity index (χ0v) is 17.0. The van der Waals surface area contributed by atoms with Crippen molar-refractivity contribution in [3.8, 4) is 11.5 Å². The molecule has 1 saturated carbocycles. The molecule has 2 amide bonds. The van der Waals surface area contributed by atoms with Gasteiger partial charge in [0.25, 0.3) is 0 Å². The molecule has 0 unspecified atom stereocenters. The lowest BCUT2D eigenvalue weighted by atomic mass is 9.78. The van der Waals surface area contributed by atoms with Crippen molar-refractivity contribution in [3.63, 3.8) is 0 Å². The van der Waals surface area contributed by atoms with E-state index < -0.39 is 11.8 Å². The SMILES string of the molecule is COc1ccc(C2(CNC(=O)C(=O)NCc3ccccc3OC)CCCC2)cc1. The summed E-state index contributed by atoms with van der Waals surface area (Å²) >= 11 is 0. The number of nitrogens with one attached hydrogen (secondary N) is 2. The lowest BCUT2D eigenvalue weighted by molar-refractivity contribution is -0.139. The van der Waals surface area contributed by atoms with Gasteiger partial charge in [0.2, 0.25) is 0 Å². The number of benzene rings is 2. The van der Waals surface area contributed by atoms with E-state index in [2.05, 4.69) is 22.8 Å². The Bertz CT molecular complexity index is 842. The molecule has 0 bridgehead atoms. The largest absolute Gasteiger partial charge is 0.497 e. The van der Waals surface area contributed by atoms with Gasteiger partial charge in [-0.1, -0.05) is 43.2 Å². The molecule has 2 aromatic rings. The van der Waals surface area contributed by atoms with E-state index in [0.717, 1.165) is 37.0 Å². The maximum absolute atomic E-state index is 12.4. The maximum Gasteiger partial charge on any atom is 0.309 e. The summed E-state index contributed by atoms with van der Waals surface area (Å²) in [5.41, 5.74) is 1.86. The number of amides is 2. The summed E-state index contributed by atoms with van der Waals surface area (Å²) in [7, 11) is 3.22. The van der Waals surface area contributed by atoms with E-state index in [0.29, 0.717) is 12.3 Å². The molecule has 2 aromatic carbocycles. The lowest BCUT2D eigenvalue weighted by Gasteiger charge is -2.30. The minimum Gasteiger partial charge on any atom is -0.497 e. The predicted molar refractivity (Wildman–Crippen MR) is 111 cm³/mol. The van der Waals surface area contributed by atoms with Crippen molar-refractivity contribution in [2.45, 2.75) is 37.6 Å². The van der Waals surface area contributed by atoms with Gasteiger partial charge >= 0.3 is 11.8 Å². The quantitative estimate of drug-likeness (QED) is 0.706. The van der Waals surface area contributed by atoms with Gasteiger partial charge in [0.15, 0.2) is 0 Å². The van der Waals surface area contributed by atoms with Crippen molar-refractivity contribution < 1.29 is 19.1 Å². The molecule has 1 aliphatic rings. The molecule has 2 N–H and O–H groups in total. The summed E-state index contributed by atoms with van der Waals surface area (Å²) in [6.45, 7) is 0.681. The number of hydrogen-bond acceptors (Lipinski definition) is 4. The van der Waals surface area contributed by atoms with Crippen LogP contribution in [0, 0.1) is 0 Å². The predicted octanol–water partition coefficient (Wildman–Crippen LogP) is 2.95. The van der Waals surface area contributed by atoms with Crippen LogP contribution in [-0.4, -0.2) is 32.6 Å². The first-order chi connectivity index (χ1) is 14.1. The summed E-state index contributed by atoms with van der Waals surface area (Å²) in [5, 5.41) is 5.51. The van der Waals surface area contributed by atoms with Crippen LogP contribution in [0.15, 0.2) is 48.5 Å². The Labute approximate surface area is 171 Å². The van der Waals surface area contributed by atoms with Gasteiger partial charge in [-0.15, -0.1) is 0 Å². The Morgan fingerprint density at radius 1 is 0.897 bits per heavy atom. The van der Waals surface area contributed by atoms with Crippen LogP contribution in [0.2, 0.25) is 0 Å². The molecule has 0 aliphatic heterocycles. The molecular formula is C23H28N2O4. The molecule has 154 valence electrons. The Morgan fingerprint density at radius 3 is 2.21 bits per heavy atom. The van der Waals surface area contributed by atoms with E-state index in [9.17, 15) is 9.59 Å². The summed E-state index contributed by atoms with van der Waals surface area (Å²) in [6, 6.07) is 15.4.